The van der Waals surface area contributed by atoms with E-state index in [0.29, 0.717) is 6.42 Å². The molecule has 1 fully saturated rings. The number of nitrogens with zero attached hydrogens (tertiary/aromatic N) is 2. The number of alkyl halides is 4. The van der Waals surface area contributed by atoms with Gasteiger partial charge in [0.05, 0.1) is 6.54 Å². The number of allylic oxidation sites excluding steroid dienone is 2. The molecule has 2 atom stereocenters. The Balaban J connectivity index is 2.99. The quantitative estimate of drug-likeness (QED) is 0.448. The van der Waals surface area contributed by atoms with Crippen LogP contribution in [-0.2, 0) is 9.53 Å². The third-order valence-electron chi connectivity index (χ3n) is 3.51. The second-order valence-electron chi connectivity index (χ2n) is 7.52. The van der Waals surface area contributed by atoms with Crippen molar-refractivity contribution in [3.8, 4) is 0 Å². The molecule has 0 aromatic carbocycles. The van der Waals surface area contributed by atoms with E-state index < -0.39 is 47.7 Å². The highest BCUT2D eigenvalue weighted by molar-refractivity contribution is 6.00. The van der Waals surface area contributed by atoms with Gasteiger partial charge in [-0.2, -0.15) is 18.3 Å². The summed E-state index contributed by atoms with van der Waals surface area (Å²) in [6.45, 7) is 7.24. The molecule has 0 spiro atoms. The molecule has 1 aliphatic heterocycles. The summed E-state index contributed by atoms with van der Waals surface area (Å²) in [5.74, 6) is -1.02. The first-order chi connectivity index (χ1) is 12.2. The molecule has 0 aliphatic carbocycles. The van der Waals surface area contributed by atoms with Crippen LogP contribution in [0.2, 0.25) is 0 Å². The lowest BCUT2D eigenvalue weighted by atomic mass is 10.1. The lowest BCUT2D eigenvalue weighted by Gasteiger charge is -2.27. The van der Waals surface area contributed by atoms with Gasteiger partial charge in [-0.3, -0.25) is 9.69 Å². The van der Waals surface area contributed by atoms with Gasteiger partial charge in [-0.05, 0) is 40.2 Å². The molecule has 1 aliphatic rings. The standard InChI is InChI=1S/C17H25F4N3O3/c1-6-7-8-12(17(19,20)21)22-23-13(25)11-9-16(5,18)10-24(11)14(26)27-15(2,3)4/h7-8,11H,6,9-10H2,1-5H3,(H,23,25)/b8-7-,22-12+/t11-,16?/m0/s1. The van der Waals surface area contributed by atoms with Crippen LogP contribution in [0.3, 0.4) is 0 Å². The minimum atomic E-state index is -4.77. The molecule has 6 nitrogen and oxygen atoms in total. The van der Waals surface area contributed by atoms with Gasteiger partial charge in [0.25, 0.3) is 5.91 Å². The maximum absolute atomic E-state index is 14.4. The van der Waals surface area contributed by atoms with E-state index in [1.54, 1.807) is 33.1 Å². The van der Waals surface area contributed by atoms with Gasteiger partial charge in [0.2, 0.25) is 0 Å². The average Bonchev–Trinajstić information content (AvgIpc) is 2.80. The maximum atomic E-state index is 14.4. The zero-order valence-corrected chi connectivity index (χ0v) is 16.0. The Morgan fingerprint density at radius 1 is 1.33 bits per heavy atom. The van der Waals surface area contributed by atoms with Crippen molar-refractivity contribution in [2.24, 2.45) is 5.10 Å². The predicted molar refractivity (Wildman–Crippen MR) is 91.9 cm³/mol. The van der Waals surface area contributed by atoms with Crippen molar-refractivity contribution in [3.05, 3.63) is 12.2 Å². The maximum Gasteiger partial charge on any atom is 0.435 e. The van der Waals surface area contributed by atoms with E-state index in [1.807, 2.05) is 0 Å². The molecule has 1 rings (SSSR count). The Bertz CT molecular complexity index is 622. The fourth-order valence-corrected chi connectivity index (χ4v) is 2.40. The molecule has 1 unspecified atom stereocenters. The highest BCUT2D eigenvalue weighted by Gasteiger charge is 2.48. The van der Waals surface area contributed by atoms with E-state index in [9.17, 15) is 27.2 Å². The van der Waals surface area contributed by atoms with Crippen molar-refractivity contribution in [2.75, 3.05) is 6.54 Å². The minimum Gasteiger partial charge on any atom is -0.444 e. The van der Waals surface area contributed by atoms with Crippen molar-refractivity contribution in [3.63, 3.8) is 0 Å². The third kappa shape index (κ3) is 7.18. The number of carbonyl (C=O) groups is 2. The van der Waals surface area contributed by atoms with E-state index in [2.05, 4.69) is 5.10 Å². The molecule has 1 heterocycles. The summed E-state index contributed by atoms with van der Waals surface area (Å²) in [6, 6.07) is -1.33. The molecule has 0 bridgehead atoms. The summed E-state index contributed by atoms with van der Waals surface area (Å²) in [7, 11) is 0. The first-order valence-electron chi connectivity index (χ1n) is 8.46. The van der Waals surface area contributed by atoms with Crippen LogP contribution < -0.4 is 5.43 Å². The highest BCUT2D eigenvalue weighted by Crippen LogP contribution is 2.31. The van der Waals surface area contributed by atoms with Gasteiger partial charge >= 0.3 is 12.3 Å². The van der Waals surface area contributed by atoms with Crippen molar-refractivity contribution in [2.45, 2.75) is 70.9 Å². The molecule has 154 valence electrons. The number of nitrogens with one attached hydrogen (secondary N) is 1. The zero-order chi connectivity index (χ0) is 21.0. The monoisotopic (exact) mass is 395 g/mol. The Morgan fingerprint density at radius 3 is 2.41 bits per heavy atom. The largest absolute Gasteiger partial charge is 0.444 e. The molecule has 0 saturated carbocycles. The van der Waals surface area contributed by atoms with Crippen LogP contribution in [0.5, 0.6) is 0 Å². The minimum absolute atomic E-state index is 0.346. The van der Waals surface area contributed by atoms with Crippen molar-refractivity contribution >= 4 is 17.7 Å². The number of ether oxygens (including phenoxy) is 1. The Kier molecular flexibility index (Phi) is 7.01. The van der Waals surface area contributed by atoms with Gasteiger partial charge in [0.1, 0.15) is 17.3 Å². The van der Waals surface area contributed by atoms with Gasteiger partial charge < -0.3 is 4.74 Å². The fraction of sp³-hybridized carbons (Fsp3) is 0.706. The van der Waals surface area contributed by atoms with Gasteiger partial charge in [0, 0.05) is 6.42 Å². The number of amides is 2. The van der Waals surface area contributed by atoms with Gasteiger partial charge in [-0.15, -0.1) is 0 Å². The molecule has 2 amide bonds. The summed E-state index contributed by atoms with van der Waals surface area (Å²) >= 11 is 0. The topological polar surface area (TPSA) is 71.0 Å². The zero-order valence-electron chi connectivity index (χ0n) is 16.0. The summed E-state index contributed by atoms with van der Waals surface area (Å²) in [5, 5.41) is 3.10. The Labute approximate surface area is 155 Å². The molecule has 0 radical (unpaired) electrons. The van der Waals surface area contributed by atoms with Crippen LogP contribution in [0.4, 0.5) is 22.4 Å². The first-order valence-corrected chi connectivity index (χ1v) is 8.46. The lowest BCUT2D eigenvalue weighted by Crippen LogP contribution is -2.47. The second-order valence-corrected chi connectivity index (χ2v) is 7.52. The molecular weight excluding hydrogens is 370 g/mol. The van der Waals surface area contributed by atoms with Crippen LogP contribution in [0, 0.1) is 0 Å². The number of hydrogen-bond donors (Lipinski definition) is 1. The lowest BCUT2D eigenvalue weighted by molar-refractivity contribution is -0.125. The smallest absolute Gasteiger partial charge is 0.435 e. The summed E-state index contributed by atoms with van der Waals surface area (Å²) < 4.78 is 58.2. The number of halogens is 4. The van der Waals surface area contributed by atoms with E-state index in [-0.39, 0.29) is 6.42 Å². The Hall–Kier alpha value is -2.13. The highest BCUT2D eigenvalue weighted by atomic mass is 19.4. The summed E-state index contributed by atoms with van der Waals surface area (Å²) in [4.78, 5) is 25.4. The number of hydrazone groups is 1. The van der Waals surface area contributed by atoms with Gasteiger partial charge in [-0.1, -0.05) is 13.0 Å². The van der Waals surface area contributed by atoms with Crippen molar-refractivity contribution in [1.29, 1.82) is 0 Å². The van der Waals surface area contributed by atoms with E-state index in [4.69, 9.17) is 4.74 Å². The van der Waals surface area contributed by atoms with Crippen molar-refractivity contribution in [1.82, 2.24) is 10.3 Å². The fourth-order valence-electron chi connectivity index (χ4n) is 2.40. The van der Waals surface area contributed by atoms with E-state index >= 15 is 0 Å². The van der Waals surface area contributed by atoms with Crippen LogP contribution in [0.15, 0.2) is 17.3 Å². The molecule has 1 saturated heterocycles. The van der Waals surface area contributed by atoms with Crippen molar-refractivity contribution < 1.29 is 31.9 Å². The van der Waals surface area contributed by atoms with Crippen LogP contribution in [0.25, 0.3) is 0 Å². The van der Waals surface area contributed by atoms with Crippen LogP contribution in [-0.4, -0.2) is 52.6 Å². The number of carbonyl (C=O) groups excluding carboxylic acids is 2. The Morgan fingerprint density at radius 2 is 1.93 bits per heavy atom. The number of hydrogen-bond acceptors (Lipinski definition) is 4. The third-order valence-corrected chi connectivity index (χ3v) is 3.51. The number of likely N-dealkylation sites (tertiary alicyclic amines) is 1. The van der Waals surface area contributed by atoms with Gasteiger partial charge in [0.15, 0.2) is 5.71 Å². The molecule has 27 heavy (non-hydrogen) atoms. The van der Waals surface area contributed by atoms with E-state index in [1.165, 1.54) is 13.0 Å². The summed E-state index contributed by atoms with van der Waals surface area (Å²) in [6.07, 6.45) is -3.75. The molecule has 0 aromatic rings. The normalized spacial score (nSPS) is 24.4. The SMILES string of the molecule is CC/C=C\C(=N/NC(=O)[C@@H]1CC(C)(F)CN1C(=O)OC(C)(C)C)C(F)(F)F. The van der Waals surface area contributed by atoms with E-state index in [0.717, 1.165) is 11.0 Å². The van der Waals surface area contributed by atoms with Crippen LogP contribution >= 0.6 is 0 Å². The second kappa shape index (κ2) is 8.26. The predicted octanol–water partition coefficient (Wildman–Crippen LogP) is 3.72. The first kappa shape index (κ1) is 22.9. The molecule has 10 heteroatoms. The molecular formula is C17H25F4N3O3. The molecule has 0 aromatic heterocycles. The number of rotatable bonds is 4. The van der Waals surface area contributed by atoms with Gasteiger partial charge in [-0.25, -0.2) is 14.6 Å². The van der Waals surface area contributed by atoms with Crippen LogP contribution in [0.1, 0.15) is 47.5 Å². The summed E-state index contributed by atoms with van der Waals surface area (Å²) in [5.41, 5.74) is -2.27. The molecule has 1 N–H and O–H groups in total. The average molecular weight is 395 g/mol.